The minimum absolute atomic E-state index is 0.0600. The number of hydrogen-bond acceptors (Lipinski definition) is 7. The molecule has 8 nitrogen and oxygen atoms in total. The van der Waals surface area contributed by atoms with Crippen molar-refractivity contribution < 1.29 is 27.4 Å². The van der Waals surface area contributed by atoms with Crippen molar-refractivity contribution in [3.05, 3.63) is 70.8 Å². The number of anilines is 1. The topological polar surface area (TPSA) is 94.2 Å². The quantitative estimate of drug-likeness (QED) is 0.195. The zero-order valence-corrected chi connectivity index (χ0v) is 27.8. The number of sulfonamides is 1. The average molecular weight is 647 g/mol. The van der Waals surface area contributed by atoms with E-state index in [1.165, 1.54) is 5.56 Å². The van der Waals surface area contributed by atoms with Gasteiger partial charge in [-0.3, -0.25) is 4.79 Å². The van der Waals surface area contributed by atoms with E-state index in [1.54, 1.807) is 32.2 Å². The fourth-order valence-corrected chi connectivity index (χ4v) is 7.42. The third-order valence-corrected chi connectivity index (χ3v) is 10.9. The molecule has 0 radical (unpaired) electrons. The molecule has 242 valence electrons. The molecule has 1 amide bonds. The number of nitrogens with zero attached hydrogens (tertiary/aromatic N) is 1. The van der Waals surface area contributed by atoms with E-state index in [9.17, 15) is 13.2 Å². The Morgan fingerprint density at radius 1 is 1.18 bits per heavy atom. The lowest BCUT2D eigenvalue weighted by molar-refractivity contribution is -0.0305. The Labute approximate surface area is 268 Å². The smallest absolute Gasteiger partial charge is 0.264 e. The molecular formula is C34H47ClN2O6S. The SMILES string of the molecule is C=C[C@H](OCCOC)[C@@H]1CC[C@H]1CN1CCCCc2cc(Cl)ccc2COc2ccc(C(=O)NS(=O)(=O)[C@H](C)CCC)cc21. The van der Waals surface area contributed by atoms with Crippen LogP contribution in [0.5, 0.6) is 5.75 Å². The highest BCUT2D eigenvalue weighted by molar-refractivity contribution is 7.90. The third kappa shape index (κ3) is 8.77. The first kappa shape index (κ1) is 34.3. The molecule has 1 aliphatic carbocycles. The maximum absolute atomic E-state index is 13.3. The van der Waals surface area contributed by atoms with Crippen LogP contribution in [0.25, 0.3) is 0 Å². The van der Waals surface area contributed by atoms with Crippen molar-refractivity contribution in [3.8, 4) is 5.75 Å². The molecular weight excluding hydrogens is 600 g/mol. The van der Waals surface area contributed by atoms with Crippen LogP contribution in [0, 0.1) is 11.8 Å². The zero-order valence-electron chi connectivity index (χ0n) is 26.2. The van der Waals surface area contributed by atoms with Crippen LogP contribution < -0.4 is 14.4 Å². The minimum Gasteiger partial charge on any atom is -0.487 e. The van der Waals surface area contributed by atoms with Crippen molar-refractivity contribution in [1.82, 2.24) is 4.72 Å². The summed E-state index contributed by atoms with van der Waals surface area (Å²) < 4.78 is 45.7. The Bertz CT molecular complexity index is 1380. The molecule has 0 bridgehead atoms. The molecule has 44 heavy (non-hydrogen) atoms. The predicted octanol–water partition coefficient (Wildman–Crippen LogP) is 6.55. The molecule has 10 heteroatoms. The Hall–Kier alpha value is -2.59. The summed E-state index contributed by atoms with van der Waals surface area (Å²) in [5, 5.41) is 0.0460. The molecule has 1 heterocycles. The second-order valence-electron chi connectivity index (χ2n) is 11.9. The molecule has 2 aromatic rings. The standard InChI is InChI=1S/C34H47ClN2O6S/c1-5-9-24(3)44(39,40)36-34(38)26-13-16-33-31(21-26)37(22-27-12-15-30(27)32(6-2)42-19-18-41-4)17-8-7-10-25-20-29(35)14-11-28(25)23-43-33/h6,11,13-14,16,20-21,24,27,30,32H,2,5,7-10,12,15,17-19,22-23H2,1,3-4H3,(H,36,38)/t24-,27+,30-,32+/m1/s1. The highest BCUT2D eigenvalue weighted by Gasteiger charge is 2.38. The van der Waals surface area contributed by atoms with Gasteiger partial charge >= 0.3 is 0 Å². The van der Waals surface area contributed by atoms with Crippen LogP contribution in [-0.4, -0.2) is 59.1 Å². The van der Waals surface area contributed by atoms with E-state index in [4.69, 9.17) is 25.8 Å². The zero-order chi connectivity index (χ0) is 31.7. The van der Waals surface area contributed by atoms with E-state index in [2.05, 4.69) is 16.2 Å². The van der Waals surface area contributed by atoms with Crippen molar-refractivity contribution in [1.29, 1.82) is 0 Å². The van der Waals surface area contributed by atoms with Crippen LogP contribution in [0.15, 0.2) is 49.1 Å². The van der Waals surface area contributed by atoms with Gasteiger partial charge in [0.05, 0.1) is 30.3 Å². The second-order valence-corrected chi connectivity index (χ2v) is 14.5. The van der Waals surface area contributed by atoms with E-state index >= 15 is 0 Å². The maximum atomic E-state index is 13.3. The molecule has 1 saturated carbocycles. The number of carbonyl (C=O) groups is 1. The summed E-state index contributed by atoms with van der Waals surface area (Å²) in [4.78, 5) is 15.6. The fraction of sp³-hybridized carbons (Fsp3) is 0.559. The highest BCUT2D eigenvalue weighted by Crippen LogP contribution is 2.41. The molecule has 0 spiro atoms. The molecule has 1 N–H and O–H groups in total. The van der Waals surface area contributed by atoms with E-state index < -0.39 is 21.2 Å². The fourth-order valence-electron chi connectivity index (χ4n) is 6.10. The number of methoxy groups -OCH3 is 1. The summed E-state index contributed by atoms with van der Waals surface area (Å²) in [6.07, 6.45) is 7.92. The van der Waals surface area contributed by atoms with Gasteiger partial charge in [0.2, 0.25) is 10.0 Å². The largest absolute Gasteiger partial charge is 0.487 e. The van der Waals surface area contributed by atoms with Gasteiger partial charge in [0.15, 0.2) is 0 Å². The first-order valence-corrected chi connectivity index (χ1v) is 17.7. The Morgan fingerprint density at radius 3 is 2.70 bits per heavy atom. The summed E-state index contributed by atoms with van der Waals surface area (Å²) in [7, 11) is -2.14. The van der Waals surface area contributed by atoms with Crippen molar-refractivity contribution in [2.24, 2.45) is 11.8 Å². The Kier molecular flexibility index (Phi) is 12.6. The number of rotatable bonds is 13. The van der Waals surface area contributed by atoms with E-state index in [0.29, 0.717) is 55.3 Å². The van der Waals surface area contributed by atoms with Gasteiger partial charge in [-0.1, -0.05) is 37.1 Å². The van der Waals surface area contributed by atoms with Gasteiger partial charge in [0, 0.05) is 30.8 Å². The first-order chi connectivity index (χ1) is 21.2. The van der Waals surface area contributed by atoms with Crippen LogP contribution in [0.2, 0.25) is 5.02 Å². The molecule has 2 aliphatic rings. The van der Waals surface area contributed by atoms with Gasteiger partial charge in [-0.15, -0.1) is 6.58 Å². The van der Waals surface area contributed by atoms with Crippen molar-refractivity contribution in [3.63, 3.8) is 0 Å². The molecule has 1 aliphatic heterocycles. The number of benzene rings is 2. The van der Waals surface area contributed by atoms with Crippen LogP contribution in [0.3, 0.4) is 0 Å². The lowest BCUT2D eigenvalue weighted by Crippen LogP contribution is -2.44. The number of nitrogens with one attached hydrogen (secondary N) is 1. The molecule has 4 rings (SSSR count). The number of halogens is 1. The monoisotopic (exact) mass is 646 g/mol. The van der Waals surface area contributed by atoms with E-state index in [0.717, 1.165) is 56.4 Å². The molecule has 0 aromatic heterocycles. The number of aryl methyl sites for hydroxylation is 1. The number of amides is 1. The number of carbonyl (C=O) groups excluding carboxylic acids is 1. The molecule has 0 saturated heterocycles. The third-order valence-electron chi connectivity index (χ3n) is 8.88. The van der Waals surface area contributed by atoms with Crippen molar-refractivity contribution in [2.75, 3.05) is 38.3 Å². The van der Waals surface area contributed by atoms with Gasteiger partial charge in [-0.25, -0.2) is 13.1 Å². The highest BCUT2D eigenvalue weighted by atomic mass is 35.5. The molecule has 0 unspecified atom stereocenters. The summed E-state index contributed by atoms with van der Waals surface area (Å²) in [5.41, 5.74) is 3.32. The molecule has 4 atom stereocenters. The van der Waals surface area contributed by atoms with Crippen LogP contribution in [0.4, 0.5) is 5.69 Å². The molecule has 2 aromatic carbocycles. The van der Waals surface area contributed by atoms with E-state index in [1.807, 2.05) is 31.2 Å². The van der Waals surface area contributed by atoms with Gasteiger partial charge in [0.25, 0.3) is 5.91 Å². The summed E-state index contributed by atoms with van der Waals surface area (Å²) in [5.74, 6) is 0.709. The van der Waals surface area contributed by atoms with Gasteiger partial charge in [-0.05, 0) is 98.7 Å². The summed E-state index contributed by atoms with van der Waals surface area (Å²) in [6.45, 7) is 10.5. The lowest BCUT2D eigenvalue weighted by Gasteiger charge is -2.44. The van der Waals surface area contributed by atoms with Crippen LogP contribution in [0.1, 0.15) is 73.9 Å². The number of fused-ring (bicyclic) bond motifs is 2. The number of hydrogen-bond donors (Lipinski definition) is 1. The van der Waals surface area contributed by atoms with Crippen molar-refractivity contribution >= 4 is 33.2 Å². The van der Waals surface area contributed by atoms with Gasteiger partial charge in [0.1, 0.15) is 12.4 Å². The maximum Gasteiger partial charge on any atom is 0.264 e. The van der Waals surface area contributed by atoms with E-state index in [-0.39, 0.29) is 11.7 Å². The summed E-state index contributed by atoms with van der Waals surface area (Å²) >= 11 is 6.33. The van der Waals surface area contributed by atoms with Crippen molar-refractivity contribution in [2.45, 2.75) is 76.8 Å². The second kappa shape index (κ2) is 16.1. The lowest BCUT2D eigenvalue weighted by atomic mass is 9.70. The normalized spacial score (nSPS) is 20.1. The van der Waals surface area contributed by atoms with Gasteiger partial charge < -0.3 is 19.1 Å². The molecule has 1 fully saturated rings. The van der Waals surface area contributed by atoms with Crippen LogP contribution in [-0.2, 0) is 32.5 Å². The Balaban J connectivity index is 1.63. The van der Waals surface area contributed by atoms with Gasteiger partial charge in [-0.2, -0.15) is 0 Å². The average Bonchev–Trinajstić information content (AvgIpc) is 3.01. The summed E-state index contributed by atoms with van der Waals surface area (Å²) in [6, 6.07) is 11.1. The first-order valence-electron chi connectivity index (χ1n) is 15.7. The predicted molar refractivity (Wildman–Crippen MR) is 176 cm³/mol. The van der Waals surface area contributed by atoms with Crippen LogP contribution >= 0.6 is 11.6 Å². The Morgan fingerprint density at radius 2 is 2.00 bits per heavy atom. The number of ether oxygens (including phenoxy) is 3. The minimum atomic E-state index is -3.80.